The number of thioether (sulfide) groups is 1. The Labute approximate surface area is 131 Å². The van der Waals surface area contributed by atoms with Crippen molar-refractivity contribution in [3.05, 3.63) is 53.3 Å². The molecule has 0 aliphatic rings. The second-order valence-electron chi connectivity index (χ2n) is 4.14. The van der Waals surface area contributed by atoms with Crippen molar-refractivity contribution >= 4 is 35.0 Å². The molecule has 3 nitrogen and oxygen atoms in total. The third-order valence-electron chi connectivity index (χ3n) is 2.61. The summed E-state index contributed by atoms with van der Waals surface area (Å²) in [5.41, 5.74) is 0.664. The van der Waals surface area contributed by atoms with Gasteiger partial charge in [0.15, 0.2) is 0 Å². The van der Waals surface area contributed by atoms with Gasteiger partial charge in [-0.1, -0.05) is 17.7 Å². The first-order valence-corrected chi connectivity index (χ1v) is 7.46. The Kier molecular flexibility index (Phi) is 5.47. The Morgan fingerprint density at radius 1 is 1.33 bits per heavy atom. The van der Waals surface area contributed by atoms with Crippen LogP contribution in [0.2, 0.25) is 5.02 Å². The van der Waals surface area contributed by atoms with Gasteiger partial charge in [-0.3, -0.25) is 4.79 Å². The summed E-state index contributed by atoms with van der Waals surface area (Å²) in [7, 11) is 1.56. The number of ether oxygens (including phenoxy) is 1. The van der Waals surface area contributed by atoms with Gasteiger partial charge >= 0.3 is 0 Å². The van der Waals surface area contributed by atoms with E-state index in [1.165, 1.54) is 23.9 Å². The fourth-order valence-electron chi connectivity index (χ4n) is 1.61. The van der Waals surface area contributed by atoms with Gasteiger partial charge in [-0.25, -0.2) is 4.39 Å². The molecule has 1 N–H and O–H groups in total. The summed E-state index contributed by atoms with van der Waals surface area (Å²) in [4.78, 5) is 12.6. The number of carbonyl (C=O) groups is 1. The summed E-state index contributed by atoms with van der Waals surface area (Å²) in [6.07, 6.45) is 0. The number of nitrogens with one attached hydrogen (secondary N) is 1. The second kappa shape index (κ2) is 7.33. The van der Waals surface area contributed by atoms with Crippen molar-refractivity contribution in [3.63, 3.8) is 0 Å². The summed E-state index contributed by atoms with van der Waals surface area (Å²) in [6, 6.07) is 11.5. The maximum absolute atomic E-state index is 13.0. The van der Waals surface area contributed by atoms with Crippen LogP contribution in [0, 0.1) is 5.82 Å². The monoisotopic (exact) mass is 325 g/mol. The van der Waals surface area contributed by atoms with Gasteiger partial charge in [0, 0.05) is 16.6 Å². The minimum Gasteiger partial charge on any atom is -0.497 e. The van der Waals surface area contributed by atoms with Crippen LogP contribution < -0.4 is 10.1 Å². The van der Waals surface area contributed by atoms with Crippen molar-refractivity contribution in [1.82, 2.24) is 0 Å². The molecule has 0 radical (unpaired) electrons. The molecular weight excluding hydrogens is 313 g/mol. The van der Waals surface area contributed by atoms with Gasteiger partial charge in [-0.05, 0) is 30.3 Å². The van der Waals surface area contributed by atoms with Crippen LogP contribution in [0.25, 0.3) is 0 Å². The lowest BCUT2D eigenvalue weighted by atomic mass is 10.3. The Bertz CT molecular complexity index is 651. The van der Waals surface area contributed by atoms with E-state index in [9.17, 15) is 9.18 Å². The third-order valence-corrected chi connectivity index (χ3v) is 3.90. The zero-order chi connectivity index (χ0) is 15.2. The van der Waals surface area contributed by atoms with Gasteiger partial charge in [-0.15, -0.1) is 11.8 Å². The molecule has 2 rings (SSSR count). The second-order valence-corrected chi connectivity index (χ2v) is 5.60. The third kappa shape index (κ3) is 4.65. The van der Waals surface area contributed by atoms with Crippen molar-refractivity contribution in [2.45, 2.75) is 4.90 Å². The minimum absolute atomic E-state index is 0.0493. The average molecular weight is 326 g/mol. The number of halogens is 2. The molecule has 0 fully saturated rings. The number of amides is 1. The van der Waals surface area contributed by atoms with Crippen LogP contribution in [-0.4, -0.2) is 18.8 Å². The molecule has 0 aliphatic heterocycles. The van der Waals surface area contributed by atoms with E-state index >= 15 is 0 Å². The minimum atomic E-state index is -0.471. The topological polar surface area (TPSA) is 38.3 Å². The fraction of sp³-hybridized carbons (Fsp3) is 0.133. The highest BCUT2D eigenvalue weighted by Crippen LogP contribution is 2.24. The normalized spacial score (nSPS) is 10.2. The van der Waals surface area contributed by atoms with Gasteiger partial charge in [0.2, 0.25) is 5.91 Å². The molecule has 0 saturated heterocycles. The molecule has 2 aromatic carbocycles. The molecule has 0 bridgehead atoms. The van der Waals surface area contributed by atoms with E-state index < -0.39 is 5.82 Å². The van der Waals surface area contributed by atoms with Crippen LogP contribution in [0.3, 0.4) is 0 Å². The molecular formula is C15H13ClFNO2S. The molecule has 1 amide bonds. The Balaban J connectivity index is 1.90. The highest BCUT2D eigenvalue weighted by molar-refractivity contribution is 8.00. The standard InChI is InChI=1S/C15H13ClFNO2S/c1-20-11-4-2-3-10(7-11)18-15(19)9-21-12-5-6-14(17)13(16)8-12/h2-8H,9H2,1H3,(H,18,19). The van der Waals surface area contributed by atoms with Crippen LogP contribution >= 0.6 is 23.4 Å². The van der Waals surface area contributed by atoms with E-state index in [1.807, 2.05) is 0 Å². The molecule has 0 spiro atoms. The smallest absolute Gasteiger partial charge is 0.234 e. The highest BCUT2D eigenvalue weighted by Gasteiger charge is 2.06. The number of hydrogen-bond acceptors (Lipinski definition) is 3. The van der Waals surface area contributed by atoms with Crippen LogP contribution in [0.15, 0.2) is 47.4 Å². The molecule has 6 heteroatoms. The van der Waals surface area contributed by atoms with E-state index in [0.29, 0.717) is 11.4 Å². The van der Waals surface area contributed by atoms with Crippen LogP contribution in [0.4, 0.5) is 10.1 Å². The maximum atomic E-state index is 13.0. The number of carbonyl (C=O) groups excluding carboxylic acids is 1. The average Bonchev–Trinajstić information content (AvgIpc) is 2.48. The van der Waals surface area contributed by atoms with Crippen molar-refractivity contribution in [2.24, 2.45) is 0 Å². The lowest BCUT2D eigenvalue weighted by Crippen LogP contribution is -2.13. The van der Waals surface area contributed by atoms with Gasteiger partial charge in [-0.2, -0.15) is 0 Å². The van der Waals surface area contributed by atoms with E-state index in [2.05, 4.69) is 5.32 Å². The van der Waals surface area contributed by atoms with Crippen LogP contribution in [-0.2, 0) is 4.79 Å². The van der Waals surface area contributed by atoms with E-state index in [4.69, 9.17) is 16.3 Å². The lowest BCUT2D eigenvalue weighted by Gasteiger charge is -2.07. The van der Waals surface area contributed by atoms with E-state index in [0.717, 1.165) is 4.90 Å². The lowest BCUT2D eigenvalue weighted by molar-refractivity contribution is -0.113. The van der Waals surface area contributed by atoms with E-state index in [1.54, 1.807) is 37.4 Å². The van der Waals surface area contributed by atoms with Gasteiger partial charge in [0.1, 0.15) is 11.6 Å². The predicted octanol–water partition coefficient (Wildman–Crippen LogP) is 4.22. The number of hydrogen-bond donors (Lipinski definition) is 1. The first-order valence-electron chi connectivity index (χ1n) is 6.10. The maximum Gasteiger partial charge on any atom is 0.234 e. The van der Waals surface area contributed by atoms with Crippen molar-refractivity contribution in [2.75, 3.05) is 18.2 Å². The molecule has 0 atom stereocenters. The summed E-state index contributed by atoms with van der Waals surface area (Å²) in [6.45, 7) is 0. The summed E-state index contributed by atoms with van der Waals surface area (Å²) in [5.74, 6) is 0.250. The molecule has 0 aliphatic carbocycles. The molecule has 0 aromatic heterocycles. The zero-order valence-electron chi connectivity index (χ0n) is 11.2. The predicted molar refractivity (Wildman–Crippen MR) is 83.8 cm³/mol. The largest absolute Gasteiger partial charge is 0.497 e. The van der Waals surface area contributed by atoms with Gasteiger partial charge in [0.05, 0.1) is 17.9 Å². The number of benzene rings is 2. The molecule has 0 heterocycles. The molecule has 2 aromatic rings. The zero-order valence-corrected chi connectivity index (χ0v) is 12.8. The van der Waals surface area contributed by atoms with E-state index in [-0.39, 0.29) is 16.7 Å². The summed E-state index contributed by atoms with van der Waals surface area (Å²) < 4.78 is 18.1. The molecule has 0 unspecified atom stereocenters. The van der Waals surface area contributed by atoms with Crippen molar-refractivity contribution in [1.29, 1.82) is 0 Å². The molecule has 0 saturated carbocycles. The summed E-state index contributed by atoms with van der Waals surface area (Å²) >= 11 is 6.98. The Hall–Kier alpha value is -1.72. The number of methoxy groups -OCH3 is 1. The fourth-order valence-corrected chi connectivity index (χ4v) is 2.59. The van der Waals surface area contributed by atoms with Crippen molar-refractivity contribution < 1.29 is 13.9 Å². The van der Waals surface area contributed by atoms with Crippen molar-refractivity contribution in [3.8, 4) is 5.75 Å². The SMILES string of the molecule is COc1cccc(NC(=O)CSc2ccc(F)c(Cl)c2)c1. The molecule has 110 valence electrons. The first-order chi connectivity index (χ1) is 10.1. The number of anilines is 1. The first kappa shape index (κ1) is 15.7. The summed E-state index contributed by atoms with van der Waals surface area (Å²) in [5, 5.41) is 2.82. The Morgan fingerprint density at radius 2 is 2.14 bits per heavy atom. The van der Waals surface area contributed by atoms with Gasteiger partial charge in [0.25, 0.3) is 0 Å². The van der Waals surface area contributed by atoms with Gasteiger partial charge < -0.3 is 10.1 Å². The van der Waals surface area contributed by atoms with Crippen LogP contribution in [0.1, 0.15) is 0 Å². The molecule has 21 heavy (non-hydrogen) atoms. The highest BCUT2D eigenvalue weighted by atomic mass is 35.5. The number of rotatable bonds is 5. The Morgan fingerprint density at radius 3 is 2.86 bits per heavy atom. The van der Waals surface area contributed by atoms with Crippen LogP contribution in [0.5, 0.6) is 5.75 Å². The quantitative estimate of drug-likeness (QED) is 0.836.